The quantitative estimate of drug-likeness (QED) is 0.568. The minimum absolute atomic E-state index is 0.146. The highest BCUT2D eigenvalue weighted by atomic mass is 35.5. The first-order valence-electron chi connectivity index (χ1n) is 8.59. The van der Waals surface area contributed by atoms with E-state index in [0.29, 0.717) is 16.3 Å². The van der Waals surface area contributed by atoms with E-state index >= 15 is 0 Å². The fourth-order valence-corrected chi connectivity index (χ4v) is 3.15. The van der Waals surface area contributed by atoms with Crippen molar-refractivity contribution in [2.45, 2.75) is 19.4 Å². The molecule has 0 spiro atoms. The van der Waals surface area contributed by atoms with E-state index in [2.05, 4.69) is 10.4 Å². The van der Waals surface area contributed by atoms with Gasteiger partial charge >= 0.3 is 5.97 Å². The highest BCUT2D eigenvalue weighted by Gasteiger charge is 2.24. The van der Waals surface area contributed by atoms with Crippen molar-refractivity contribution in [2.75, 3.05) is 0 Å². The predicted octanol–water partition coefficient (Wildman–Crippen LogP) is 3.62. The molecule has 3 aromatic rings. The summed E-state index contributed by atoms with van der Waals surface area (Å²) in [5.74, 6) is -2.71. The normalized spacial score (nSPS) is 11.8. The molecular formula is C20H17ClFN3O4. The number of aromatic hydroxyl groups is 1. The lowest BCUT2D eigenvalue weighted by Crippen LogP contribution is -2.31. The van der Waals surface area contributed by atoms with Gasteiger partial charge in [0.05, 0.1) is 23.2 Å². The SMILES string of the molecule is Cc1c(F)cccc1C(CC(=O)O)NC(=O)c1cc(O)n(-c2ccccc2Cl)n1. The van der Waals surface area contributed by atoms with Gasteiger partial charge in [-0.1, -0.05) is 35.9 Å². The number of hydrogen-bond donors (Lipinski definition) is 3. The van der Waals surface area contributed by atoms with Gasteiger partial charge in [-0.25, -0.2) is 4.39 Å². The standard InChI is InChI=1S/C20H17ClFN3O4/c1-11-12(5-4-7-14(11)22)15(10-19(27)28)23-20(29)16-9-18(26)25(24-16)17-8-3-2-6-13(17)21/h2-9,15,26H,10H2,1H3,(H,23,29)(H,27,28). The fraction of sp³-hybridized carbons (Fsp3) is 0.150. The van der Waals surface area contributed by atoms with Gasteiger partial charge in [-0.05, 0) is 36.2 Å². The molecule has 1 amide bonds. The van der Waals surface area contributed by atoms with Gasteiger partial charge in [0.2, 0.25) is 5.88 Å². The van der Waals surface area contributed by atoms with Crippen LogP contribution < -0.4 is 5.32 Å². The highest BCUT2D eigenvalue weighted by molar-refractivity contribution is 6.32. The van der Waals surface area contributed by atoms with Gasteiger partial charge in [-0.3, -0.25) is 9.59 Å². The first-order chi connectivity index (χ1) is 13.8. The molecule has 1 heterocycles. The number of nitrogens with one attached hydrogen (secondary N) is 1. The number of benzene rings is 2. The number of rotatable bonds is 6. The van der Waals surface area contributed by atoms with Crippen LogP contribution in [0.2, 0.25) is 5.02 Å². The minimum Gasteiger partial charge on any atom is -0.493 e. The van der Waals surface area contributed by atoms with Gasteiger partial charge < -0.3 is 15.5 Å². The van der Waals surface area contributed by atoms with E-state index in [1.165, 1.54) is 19.1 Å². The number of aromatic nitrogens is 2. The van der Waals surface area contributed by atoms with Gasteiger partial charge in [0.25, 0.3) is 5.91 Å². The van der Waals surface area contributed by atoms with Crippen molar-refractivity contribution in [1.29, 1.82) is 0 Å². The van der Waals surface area contributed by atoms with Crippen molar-refractivity contribution in [3.63, 3.8) is 0 Å². The number of carboxylic acids is 1. The van der Waals surface area contributed by atoms with Crippen molar-refractivity contribution in [2.24, 2.45) is 0 Å². The number of carbonyl (C=O) groups excluding carboxylic acids is 1. The van der Waals surface area contributed by atoms with Gasteiger partial charge in [0, 0.05) is 6.07 Å². The Morgan fingerprint density at radius 2 is 1.97 bits per heavy atom. The Bertz CT molecular complexity index is 1080. The molecular weight excluding hydrogens is 401 g/mol. The van der Waals surface area contributed by atoms with Crippen molar-refractivity contribution in [1.82, 2.24) is 15.1 Å². The molecule has 1 aromatic heterocycles. The Kier molecular flexibility index (Phi) is 5.84. The average Bonchev–Trinajstić information content (AvgIpc) is 3.05. The predicted molar refractivity (Wildman–Crippen MR) is 104 cm³/mol. The van der Waals surface area contributed by atoms with E-state index in [-0.39, 0.29) is 17.1 Å². The third-order valence-corrected chi connectivity index (χ3v) is 4.69. The number of nitrogens with zero attached hydrogens (tertiary/aromatic N) is 2. The molecule has 3 N–H and O–H groups in total. The van der Waals surface area contributed by atoms with Crippen LogP contribution in [0, 0.1) is 12.7 Å². The lowest BCUT2D eigenvalue weighted by atomic mass is 9.98. The maximum atomic E-state index is 13.9. The minimum atomic E-state index is -1.16. The van der Waals surface area contributed by atoms with Crippen molar-refractivity contribution in [3.05, 3.63) is 76.2 Å². The maximum Gasteiger partial charge on any atom is 0.305 e. The Morgan fingerprint density at radius 1 is 1.24 bits per heavy atom. The Hall–Kier alpha value is -3.39. The van der Waals surface area contributed by atoms with Gasteiger partial charge in [0.1, 0.15) is 5.82 Å². The lowest BCUT2D eigenvalue weighted by Gasteiger charge is -2.19. The van der Waals surface area contributed by atoms with Crippen molar-refractivity contribution in [3.8, 4) is 11.6 Å². The summed E-state index contributed by atoms with van der Waals surface area (Å²) in [6.45, 7) is 1.50. The second kappa shape index (κ2) is 8.32. The maximum absolute atomic E-state index is 13.9. The molecule has 0 fully saturated rings. The van der Waals surface area contributed by atoms with Gasteiger partial charge in [-0.2, -0.15) is 9.78 Å². The van der Waals surface area contributed by atoms with Crippen LogP contribution in [0.4, 0.5) is 4.39 Å². The zero-order valence-electron chi connectivity index (χ0n) is 15.3. The summed E-state index contributed by atoms with van der Waals surface area (Å²) in [4.78, 5) is 23.9. The monoisotopic (exact) mass is 417 g/mol. The van der Waals surface area contributed by atoms with Gasteiger partial charge in [-0.15, -0.1) is 0 Å². The molecule has 0 radical (unpaired) electrons. The molecule has 150 valence electrons. The first kappa shape index (κ1) is 20.3. The van der Waals surface area contributed by atoms with Crippen molar-refractivity contribution >= 4 is 23.5 Å². The van der Waals surface area contributed by atoms with Crippen LogP contribution in [-0.2, 0) is 4.79 Å². The molecule has 0 aliphatic heterocycles. The number of hydrogen-bond acceptors (Lipinski definition) is 4. The molecule has 7 nitrogen and oxygen atoms in total. The number of para-hydroxylation sites is 1. The molecule has 29 heavy (non-hydrogen) atoms. The highest BCUT2D eigenvalue weighted by Crippen LogP contribution is 2.26. The Balaban J connectivity index is 1.91. The van der Waals surface area contributed by atoms with E-state index in [1.54, 1.807) is 30.3 Å². The zero-order chi connectivity index (χ0) is 21.1. The van der Waals surface area contributed by atoms with E-state index in [4.69, 9.17) is 11.6 Å². The van der Waals surface area contributed by atoms with Crippen molar-refractivity contribution < 1.29 is 24.2 Å². The molecule has 0 saturated heterocycles. The number of amides is 1. The van der Waals surface area contributed by atoms with Crippen LogP contribution in [0.1, 0.15) is 34.1 Å². The van der Waals surface area contributed by atoms with Gasteiger partial charge in [0.15, 0.2) is 5.69 Å². The summed E-state index contributed by atoms with van der Waals surface area (Å²) in [5.41, 5.74) is 0.805. The second-order valence-electron chi connectivity index (χ2n) is 6.33. The summed E-state index contributed by atoms with van der Waals surface area (Å²) >= 11 is 6.10. The number of carboxylic acid groups (broad SMARTS) is 1. The molecule has 0 aliphatic carbocycles. The molecule has 1 unspecified atom stereocenters. The van der Waals surface area contributed by atoms with E-state index in [0.717, 1.165) is 10.7 Å². The molecule has 2 aromatic carbocycles. The number of aliphatic carboxylic acids is 1. The number of carbonyl (C=O) groups is 2. The van der Waals surface area contributed by atoms with E-state index in [9.17, 15) is 24.2 Å². The third-order valence-electron chi connectivity index (χ3n) is 4.37. The first-order valence-corrected chi connectivity index (χ1v) is 8.97. The molecule has 0 bridgehead atoms. The summed E-state index contributed by atoms with van der Waals surface area (Å²) in [7, 11) is 0. The van der Waals surface area contributed by atoms with Crippen LogP contribution >= 0.6 is 11.6 Å². The number of halogens is 2. The third kappa shape index (κ3) is 4.38. The van der Waals surface area contributed by atoms with Crippen LogP contribution in [0.5, 0.6) is 5.88 Å². The van der Waals surface area contributed by atoms with Crippen LogP contribution in [0.3, 0.4) is 0 Å². The van der Waals surface area contributed by atoms with Crippen LogP contribution in [0.15, 0.2) is 48.5 Å². The zero-order valence-corrected chi connectivity index (χ0v) is 16.0. The summed E-state index contributed by atoms with van der Waals surface area (Å²) in [6.07, 6.45) is -0.451. The Morgan fingerprint density at radius 3 is 2.66 bits per heavy atom. The summed E-state index contributed by atoms with van der Waals surface area (Å²) in [5, 5.41) is 26.3. The summed E-state index contributed by atoms with van der Waals surface area (Å²) < 4.78 is 15.0. The van der Waals surface area contributed by atoms with E-state index < -0.39 is 30.2 Å². The summed E-state index contributed by atoms with van der Waals surface area (Å²) in [6, 6.07) is 11.0. The van der Waals surface area contributed by atoms with Crippen LogP contribution in [0.25, 0.3) is 5.69 Å². The molecule has 0 aliphatic rings. The van der Waals surface area contributed by atoms with Crippen LogP contribution in [-0.4, -0.2) is 31.9 Å². The lowest BCUT2D eigenvalue weighted by molar-refractivity contribution is -0.137. The molecule has 3 rings (SSSR count). The van der Waals surface area contributed by atoms with E-state index in [1.807, 2.05) is 0 Å². The topological polar surface area (TPSA) is 104 Å². The smallest absolute Gasteiger partial charge is 0.305 e. The fourth-order valence-electron chi connectivity index (χ4n) is 2.93. The molecule has 9 heteroatoms. The largest absolute Gasteiger partial charge is 0.493 e. The Labute approximate surface area is 170 Å². The second-order valence-corrected chi connectivity index (χ2v) is 6.74. The molecule has 0 saturated carbocycles. The average molecular weight is 418 g/mol. The molecule has 1 atom stereocenters.